The summed E-state index contributed by atoms with van der Waals surface area (Å²) in [6, 6.07) is 0. The molecule has 0 unspecified atom stereocenters. The maximum absolute atomic E-state index is 11.9. The van der Waals surface area contributed by atoms with Crippen molar-refractivity contribution in [2.45, 2.75) is 0 Å². The van der Waals surface area contributed by atoms with Crippen LogP contribution in [0.5, 0.6) is 0 Å². The van der Waals surface area contributed by atoms with Crippen molar-refractivity contribution in [3.63, 3.8) is 0 Å². The molecule has 6 nitrogen and oxygen atoms in total. The van der Waals surface area contributed by atoms with Crippen LogP contribution in [0.15, 0.2) is 0 Å². The van der Waals surface area contributed by atoms with Crippen molar-refractivity contribution in [1.82, 2.24) is 15.1 Å². The third kappa shape index (κ3) is 5.47. The molecule has 2 heterocycles. The van der Waals surface area contributed by atoms with E-state index < -0.39 is 0 Å². The molecule has 1 N–H and O–H groups in total. The zero-order valence-electron chi connectivity index (χ0n) is 11.5. The molecule has 0 saturated carbocycles. The number of hydrogen-bond acceptors (Lipinski definition) is 5. The number of piperazine rings is 1. The summed E-state index contributed by atoms with van der Waals surface area (Å²) in [6.45, 7) is 5.86. The lowest BCUT2D eigenvalue weighted by molar-refractivity contribution is -0.132. The van der Waals surface area contributed by atoms with Gasteiger partial charge in [0.25, 0.3) is 0 Å². The molecule has 0 radical (unpaired) electrons. The normalized spacial score (nSPS) is 19.4. The fourth-order valence-electron chi connectivity index (χ4n) is 2.14. The number of nitrogens with zero attached hydrogens (tertiary/aromatic N) is 2. The maximum atomic E-state index is 11.9. The van der Waals surface area contributed by atoms with E-state index >= 15 is 0 Å². The first-order valence-electron chi connectivity index (χ1n) is 6.69. The molecule has 0 spiro atoms. The number of amides is 2. The van der Waals surface area contributed by atoms with Crippen LogP contribution in [0.25, 0.3) is 0 Å². The number of rotatable bonds is 4. The molecule has 0 aromatic rings. The molecule has 0 aliphatic carbocycles. The molecule has 2 amide bonds. The van der Waals surface area contributed by atoms with Gasteiger partial charge in [-0.1, -0.05) is 0 Å². The van der Waals surface area contributed by atoms with Crippen LogP contribution >= 0.6 is 24.2 Å². The molecule has 20 heavy (non-hydrogen) atoms. The first-order chi connectivity index (χ1) is 9.27. The second-order valence-electron chi connectivity index (χ2n) is 4.62. The van der Waals surface area contributed by atoms with Gasteiger partial charge in [-0.25, -0.2) is 0 Å². The van der Waals surface area contributed by atoms with E-state index in [2.05, 4.69) is 5.32 Å². The molecule has 2 aliphatic heterocycles. The minimum absolute atomic E-state index is 0. The van der Waals surface area contributed by atoms with Crippen molar-refractivity contribution in [3.05, 3.63) is 0 Å². The Labute approximate surface area is 130 Å². The average molecular weight is 324 g/mol. The number of morpholine rings is 1. The summed E-state index contributed by atoms with van der Waals surface area (Å²) in [6.07, 6.45) is 0. The van der Waals surface area contributed by atoms with Crippen molar-refractivity contribution in [1.29, 1.82) is 0 Å². The lowest BCUT2D eigenvalue weighted by Crippen LogP contribution is -2.47. The van der Waals surface area contributed by atoms with Crippen LogP contribution in [0.3, 0.4) is 0 Å². The van der Waals surface area contributed by atoms with Gasteiger partial charge in [0.05, 0.1) is 24.7 Å². The van der Waals surface area contributed by atoms with Gasteiger partial charge in [0.15, 0.2) is 0 Å². The summed E-state index contributed by atoms with van der Waals surface area (Å²) in [5, 5.41) is 3.21. The largest absolute Gasteiger partial charge is 0.378 e. The zero-order chi connectivity index (χ0) is 13.5. The van der Waals surface area contributed by atoms with Crippen LogP contribution in [0.4, 0.5) is 0 Å². The molecule has 2 fully saturated rings. The summed E-state index contributed by atoms with van der Waals surface area (Å²) < 4.78 is 5.20. The Balaban J connectivity index is 0.00000200. The smallest absolute Gasteiger partial charge is 0.232 e. The van der Waals surface area contributed by atoms with Crippen LogP contribution in [0.2, 0.25) is 0 Å². The molecule has 2 rings (SSSR count). The Morgan fingerprint density at radius 3 is 2.00 bits per heavy atom. The second kappa shape index (κ2) is 9.44. The summed E-state index contributed by atoms with van der Waals surface area (Å²) in [7, 11) is 0. The first kappa shape index (κ1) is 17.6. The van der Waals surface area contributed by atoms with Crippen molar-refractivity contribution < 1.29 is 14.3 Å². The highest BCUT2D eigenvalue weighted by Crippen LogP contribution is 2.07. The topological polar surface area (TPSA) is 61.9 Å². The molecule has 0 atom stereocenters. The van der Waals surface area contributed by atoms with Crippen LogP contribution in [-0.4, -0.2) is 85.6 Å². The number of nitrogens with one attached hydrogen (secondary N) is 1. The monoisotopic (exact) mass is 323 g/mol. The average Bonchev–Trinajstić information content (AvgIpc) is 2.49. The zero-order valence-corrected chi connectivity index (χ0v) is 13.1. The van der Waals surface area contributed by atoms with E-state index in [1.807, 2.05) is 9.80 Å². The molecule has 116 valence electrons. The molecule has 2 saturated heterocycles. The number of hydrogen-bond donors (Lipinski definition) is 1. The predicted molar refractivity (Wildman–Crippen MR) is 81.4 cm³/mol. The van der Waals surface area contributed by atoms with Crippen molar-refractivity contribution in [2.24, 2.45) is 0 Å². The number of thioether (sulfide) groups is 1. The highest BCUT2D eigenvalue weighted by Gasteiger charge is 2.19. The van der Waals surface area contributed by atoms with Crippen LogP contribution in [0.1, 0.15) is 0 Å². The quantitative estimate of drug-likeness (QED) is 0.751. The number of carbonyl (C=O) groups is 2. The van der Waals surface area contributed by atoms with Gasteiger partial charge in [0.1, 0.15) is 0 Å². The summed E-state index contributed by atoms with van der Waals surface area (Å²) >= 11 is 1.41. The molecular formula is C12H22ClN3O3S. The standard InChI is InChI=1S/C12H21N3O3S.ClH/c16-11(14-3-1-13-2-4-14)9-19-10-12(17)15-5-7-18-8-6-15;/h13H,1-10H2;1H. The maximum Gasteiger partial charge on any atom is 0.232 e. The molecule has 2 aliphatic rings. The number of carbonyl (C=O) groups excluding carboxylic acids is 2. The van der Waals surface area contributed by atoms with Crippen LogP contribution < -0.4 is 5.32 Å². The van der Waals surface area contributed by atoms with Crippen molar-refractivity contribution in [2.75, 3.05) is 64.0 Å². The SMILES string of the molecule is Cl.O=C(CSCC(=O)N1CCOCC1)N1CCNCC1. The fourth-order valence-corrected chi connectivity index (χ4v) is 2.95. The minimum Gasteiger partial charge on any atom is -0.378 e. The number of halogens is 1. The van der Waals surface area contributed by atoms with E-state index in [-0.39, 0.29) is 24.2 Å². The molecule has 8 heteroatoms. The van der Waals surface area contributed by atoms with Crippen molar-refractivity contribution >= 4 is 36.0 Å². The summed E-state index contributed by atoms with van der Waals surface area (Å²) in [4.78, 5) is 27.4. The van der Waals surface area contributed by atoms with E-state index in [0.717, 1.165) is 26.2 Å². The van der Waals surface area contributed by atoms with E-state index in [0.29, 0.717) is 37.8 Å². The summed E-state index contributed by atoms with van der Waals surface area (Å²) in [5.74, 6) is 1.04. The number of ether oxygens (including phenoxy) is 1. The Hall–Kier alpha value is -0.500. The molecule has 0 aromatic heterocycles. The molecule has 0 bridgehead atoms. The van der Waals surface area contributed by atoms with Gasteiger partial charge in [0.2, 0.25) is 11.8 Å². The highest BCUT2D eigenvalue weighted by atomic mass is 35.5. The highest BCUT2D eigenvalue weighted by molar-refractivity contribution is 8.00. The van der Waals surface area contributed by atoms with Gasteiger partial charge in [-0.2, -0.15) is 0 Å². The Morgan fingerprint density at radius 1 is 0.950 bits per heavy atom. The van der Waals surface area contributed by atoms with E-state index in [1.54, 1.807) is 0 Å². The fraction of sp³-hybridized carbons (Fsp3) is 0.833. The van der Waals surface area contributed by atoms with Crippen LogP contribution in [0, 0.1) is 0 Å². The predicted octanol–water partition coefficient (Wildman–Crippen LogP) is -0.568. The Morgan fingerprint density at radius 2 is 1.45 bits per heavy atom. The lowest BCUT2D eigenvalue weighted by Gasteiger charge is -2.28. The minimum atomic E-state index is 0. The van der Waals surface area contributed by atoms with Gasteiger partial charge in [-0.3, -0.25) is 9.59 Å². The van der Waals surface area contributed by atoms with E-state index in [4.69, 9.17) is 4.74 Å². The third-order valence-corrected chi connectivity index (χ3v) is 4.19. The van der Waals surface area contributed by atoms with Gasteiger partial charge >= 0.3 is 0 Å². The van der Waals surface area contributed by atoms with Crippen LogP contribution in [-0.2, 0) is 14.3 Å². The Bertz CT molecular complexity index is 291. The lowest BCUT2D eigenvalue weighted by atomic mass is 10.3. The second-order valence-corrected chi connectivity index (χ2v) is 5.60. The molecule has 0 aromatic carbocycles. The third-order valence-electron chi connectivity index (χ3n) is 3.28. The van der Waals surface area contributed by atoms with Gasteiger partial charge < -0.3 is 19.9 Å². The Kier molecular flexibility index (Phi) is 8.28. The van der Waals surface area contributed by atoms with E-state index in [9.17, 15) is 9.59 Å². The molecular weight excluding hydrogens is 302 g/mol. The first-order valence-corrected chi connectivity index (χ1v) is 7.84. The van der Waals surface area contributed by atoms with Gasteiger partial charge in [-0.15, -0.1) is 24.2 Å². The van der Waals surface area contributed by atoms with Gasteiger partial charge in [-0.05, 0) is 0 Å². The van der Waals surface area contributed by atoms with E-state index in [1.165, 1.54) is 11.8 Å². The van der Waals surface area contributed by atoms with Crippen molar-refractivity contribution in [3.8, 4) is 0 Å². The van der Waals surface area contributed by atoms with Gasteiger partial charge in [0, 0.05) is 39.3 Å². The summed E-state index contributed by atoms with van der Waals surface area (Å²) in [5.41, 5.74) is 0.